The average Bonchev–Trinajstić information content (AvgIpc) is 2.42. The molecule has 0 spiro atoms. The molecule has 0 unspecified atom stereocenters. The zero-order valence-electron chi connectivity index (χ0n) is 10.5. The van der Waals surface area contributed by atoms with Crippen LogP contribution in [0.5, 0.6) is 0 Å². The molecule has 0 bridgehead atoms. The number of halogens is 2. The largest absolute Gasteiger partial charge is 0.369 e. The topological polar surface area (TPSA) is 49.8 Å². The first kappa shape index (κ1) is 14.5. The number of nitrogens with one attached hydrogen (secondary N) is 2. The molecule has 100 valence electrons. The molecule has 0 saturated heterocycles. The Morgan fingerprint density at radius 3 is 2.53 bits per heavy atom. The van der Waals surface area contributed by atoms with E-state index in [1.807, 2.05) is 24.3 Å². The molecule has 19 heavy (non-hydrogen) atoms. The van der Waals surface area contributed by atoms with Crippen molar-refractivity contribution in [3.05, 3.63) is 38.6 Å². The molecule has 2 rings (SSSR count). The summed E-state index contributed by atoms with van der Waals surface area (Å²) in [6.07, 6.45) is 2.61. The Bertz CT molecular complexity index is 545. The second-order valence-electron chi connectivity index (χ2n) is 3.94. The Morgan fingerprint density at radius 1 is 1.16 bits per heavy atom. The predicted molar refractivity (Wildman–Crippen MR) is 91.0 cm³/mol. The summed E-state index contributed by atoms with van der Waals surface area (Å²) >= 11 is 5.81. The summed E-state index contributed by atoms with van der Waals surface area (Å²) in [7, 11) is 0. The molecule has 0 aliphatic rings. The molecule has 0 radical (unpaired) electrons. The molecule has 2 aromatic rings. The van der Waals surface area contributed by atoms with E-state index in [1.165, 1.54) is 3.57 Å². The van der Waals surface area contributed by atoms with Crippen molar-refractivity contribution in [2.24, 2.45) is 0 Å². The first-order valence-corrected chi connectivity index (χ1v) is 7.85. The third kappa shape index (κ3) is 4.04. The second kappa shape index (κ2) is 7.04. The Labute approximate surface area is 134 Å². The highest BCUT2D eigenvalue weighted by atomic mass is 127. The van der Waals surface area contributed by atoms with Gasteiger partial charge in [0.05, 0.1) is 0 Å². The van der Waals surface area contributed by atoms with Crippen LogP contribution in [0.2, 0.25) is 0 Å². The van der Waals surface area contributed by atoms with Crippen LogP contribution in [0, 0.1) is 3.57 Å². The van der Waals surface area contributed by atoms with Gasteiger partial charge in [-0.2, -0.15) is 0 Å². The number of aromatic nitrogens is 2. The van der Waals surface area contributed by atoms with Crippen molar-refractivity contribution in [1.29, 1.82) is 0 Å². The van der Waals surface area contributed by atoms with Gasteiger partial charge >= 0.3 is 0 Å². The van der Waals surface area contributed by atoms with Gasteiger partial charge in [-0.25, -0.2) is 9.97 Å². The maximum absolute atomic E-state index is 4.25. The minimum absolute atomic E-state index is 0.759. The Kier molecular flexibility index (Phi) is 5.38. The second-order valence-corrected chi connectivity index (χ2v) is 5.98. The van der Waals surface area contributed by atoms with E-state index >= 15 is 0 Å². The molecule has 1 heterocycles. The lowest BCUT2D eigenvalue weighted by Gasteiger charge is -2.11. The van der Waals surface area contributed by atoms with Gasteiger partial charge in [0.2, 0.25) is 0 Å². The van der Waals surface area contributed by atoms with E-state index in [2.05, 4.69) is 66.0 Å². The molecule has 2 N–H and O–H groups in total. The summed E-state index contributed by atoms with van der Waals surface area (Å²) in [5.41, 5.74) is 1.00. The third-order valence-electron chi connectivity index (χ3n) is 2.44. The molecule has 1 aromatic carbocycles. The fraction of sp³-hybridized carbons (Fsp3) is 0.231. The molecular formula is C13H14BrIN4. The summed E-state index contributed by atoms with van der Waals surface area (Å²) in [5.74, 6) is 1.57. The summed E-state index contributed by atoms with van der Waals surface area (Å²) in [4.78, 5) is 8.48. The normalized spacial score (nSPS) is 10.3. The van der Waals surface area contributed by atoms with Crippen LogP contribution in [-0.2, 0) is 0 Å². The number of hydrogen-bond acceptors (Lipinski definition) is 4. The minimum atomic E-state index is 0.759. The van der Waals surface area contributed by atoms with E-state index in [4.69, 9.17) is 0 Å². The minimum Gasteiger partial charge on any atom is -0.369 e. The van der Waals surface area contributed by atoms with Crippen LogP contribution in [0.4, 0.5) is 17.3 Å². The maximum Gasteiger partial charge on any atom is 0.150 e. The van der Waals surface area contributed by atoms with E-state index in [-0.39, 0.29) is 0 Å². The lowest BCUT2D eigenvalue weighted by atomic mass is 10.3. The lowest BCUT2D eigenvalue weighted by Crippen LogP contribution is -2.05. The van der Waals surface area contributed by atoms with Crippen LogP contribution in [0.25, 0.3) is 0 Å². The van der Waals surface area contributed by atoms with E-state index < -0.39 is 0 Å². The van der Waals surface area contributed by atoms with Crippen molar-refractivity contribution in [2.45, 2.75) is 13.3 Å². The Hall–Kier alpha value is -0.890. The highest BCUT2D eigenvalue weighted by Gasteiger charge is 2.08. The van der Waals surface area contributed by atoms with Gasteiger partial charge in [0.15, 0.2) is 0 Å². The summed E-state index contributed by atoms with van der Waals surface area (Å²) < 4.78 is 2.05. The van der Waals surface area contributed by atoms with Gasteiger partial charge in [-0.1, -0.05) is 6.92 Å². The molecule has 4 nitrogen and oxygen atoms in total. The van der Waals surface area contributed by atoms with E-state index in [1.54, 1.807) is 6.33 Å². The maximum atomic E-state index is 4.25. The number of hydrogen-bond donors (Lipinski definition) is 2. The fourth-order valence-corrected chi connectivity index (χ4v) is 2.30. The van der Waals surface area contributed by atoms with Crippen molar-refractivity contribution in [3.8, 4) is 0 Å². The van der Waals surface area contributed by atoms with Crippen LogP contribution in [0.15, 0.2) is 35.1 Å². The molecule has 0 fully saturated rings. The van der Waals surface area contributed by atoms with Gasteiger partial charge < -0.3 is 10.6 Å². The van der Waals surface area contributed by atoms with Gasteiger partial charge in [-0.3, -0.25) is 0 Å². The predicted octanol–water partition coefficient (Wildman–Crippen LogP) is 4.41. The van der Waals surface area contributed by atoms with Crippen molar-refractivity contribution < 1.29 is 0 Å². The van der Waals surface area contributed by atoms with Crippen LogP contribution in [-0.4, -0.2) is 16.5 Å². The fourth-order valence-electron chi connectivity index (χ4n) is 1.49. The van der Waals surface area contributed by atoms with Gasteiger partial charge in [-0.05, 0) is 69.2 Å². The molecule has 0 aliphatic heterocycles. The molecule has 0 amide bonds. The summed E-state index contributed by atoms with van der Waals surface area (Å²) in [6.45, 7) is 3.01. The number of rotatable bonds is 5. The molecule has 0 saturated carbocycles. The van der Waals surface area contributed by atoms with E-state index in [0.717, 1.165) is 34.8 Å². The summed E-state index contributed by atoms with van der Waals surface area (Å²) in [6, 6.07) is 8.15. The molecule has 6 heteroatoms. The Balaban J connectivity index is 2.18. The van der Waals surface area contributed by atoms with Gasteiger partial charge in [0.25, 0.3) is 0 Å². The van der Waals surface area contributed by atoms with Gasteiger partial charge in [0, 0.05) is 15.8 Å². The van der Waals surface area contributed by atoms with Crippen LogP contribution < -0.4 is 10.6 Å². The molecular weight excluding hydrogens is 419 g/mol. The van der Waals surface area contributed by atoms with Gasteiger partial charge in [-0.15, -0.1) is 0 Å². The molecule has 1 aromatic heterocycles. The first-order valence-electron chi connectivity index (χ1n) is 5.97. The quantitative estimate of drug-likeness (QED) is 0.687. The zero-order valence-corrected chi connectivity index (χ0v) is 14.2. The summed E-state index contributed by atoms with van der Waals surface area (Å²) in [5, 5.41) is 6.53. The number of benzene rings is 1. The van der Waals surface area contributed by atoms with Crippen molar-refractivity contribution >= 4 is 55.8 Å². The Morgan fingerprint density at radius 2 is 1.84 bits per heavy atom. The van der Waals surface area contributed by atoms with Crippen LogP contribution in [0.3, 0.4) is 0 Å². The highest BCUT2D eigenvalue weighted by molar-refractivity contribution is 14.1. The average molecular weight is 433 g/mol. The standard InChI is InChI=1S/C13H14BrIN4/c1-2-7-16-12-11(14)13(18-8-17-12)19-10-5-3-9(15)4-6-10/h3-6,8H,2,7H2,1H3,(H2,16,17,18,19). The van der Waals surface area contributed by atoms with Crippen molar-refractivity contribution in [3.63, 3.8) is 0 Å². The van der Waals surface area contributed by atoms with Crippen LogP contribution >= 0.6 is 38.5 Å². The lowest BCUT2D eigenvalue weighted by molar-refractivity contribution is 0.962. The monoisotopic (exact) mass is 432 g/mol. The third-order valence-corrected chi connectivity index (χ3v) is 3.91. The smallest absolute Gasteiger partial charge is 0.150 e. The van der Waals surface area contributed by atoms with Gasteiger partial charge in [0.1, 0.15) is 22.4 Å². The number of nitrogens with zero attached hydrogens (tertiary/aromatic N) is 2. The van der Waals surface area contributed by atoms with E-state index in [0.29, 0.717) is 0 Å². The molecule has 0 aliphatic carbocycles. The molecule has 0 atom stereocenters. The van der Waals surface area contributed by atoms with Crippen molar-refractivity contribution in [2.75, 3.05) is 17.2 Å². The number of anilines is 3. The highest BCUT2D eigenvalue weighted by Crippen LogP contribution is 2.29. The van der Waals surface area contributed by atoms with E-state index in [9.17, 15) is 0 Å². The van der Waals surface area contributed by atoms with Crippen LogP contribution in [0.1, 0.15) is 13.3 Å². The first-order chi connectivity index (χ1) is 9.20. The van der Waals surface area contributed by atoms with Crippen molar-refractivity contribution in [1.82, 2.24) is 9.97 Å². The zero-order chi connectivity index (χ0) is 13.7. The SMILES string of the molecule is CCCNc1ncnc(Nc2ccc(I)cc2)c1Br.